The molecule has 7 aromatic rings. The highest BCUT2D eigenvalue weighted by Gasteiger charge is 2.23. The topological polar surface area (TPSA) is 388 Å². The van der Waals surface area contributed by atoms with E-state index in [0.717, 1.165) is 52.4 Å². The van der Waals surface area contributed by atoms with E-state index in [1.54, 1.807) is 21.3 Å². The minimum atomic E-state index is -1.31. The second-order valence-corrected chi connectivity index (χ2v) is 17.8. The van der Waals surface area contributed by atoms with Gasteiger partial charge in [0.1, 0.15) is 22.8 Å². The summed E-state index contributed by atoms with van der Waals surface area (Å²) in [6, 6.07) is 20.3. The zero-order chi connectivity index (χ0) is 60.5. The lowest BCUT2D eigenvalue weighted by atomic mass is 10.1. The number of piperazine rings is 2. The molecule has 2 aliphatic rings. The number of carbonyl (C=O) groups excluding carboxylic acids is 2. The van der Waals surface area contributed by atoms with Crippen molar-refractivity contribution >= 4 is 80.9 Å². The van der Waals surface area contributed by atoms with Crippen molar-refractivity contribution in [2.45, 2.75) is 26.9 Å². The summed E-state index contributed by atoms with van der Waals surface area (Å²) in [5.41, 5.74) is 0.329. The van der Waals surface area contributed by atoms with Crippen LogP contribution in [0.5, 0.6) is 0 Å². The molecule has 24 nitrogen and oxygen atoms in total. The Bertz CT molecular complexity index is 3270. The second-order valence-electron chi connectivity index (χ2n) is 17.8. The first-order valence-corrected chi connectivity index (χ1v) is 24.9. The first kappa shape index (κ1) is 62.5. The number of carboxylic acids is 8. The highest BCUT2D eigenvalue weighted by atomic mass is 19.1. The van der Waals surface area contributed by atoms with Crippen molar-refractivity contribution in [3.63, 3.8) is 0 Å². The fraction of sp³-hybridized carbons (Fsp3) is 0.214. The molecule has 0 spiro atoms. The summed E-state index contributed by atoms with van der Waals surface area (Å²) >= 11 is 0. The molecule has 4 heterocycles. The van der Waals surface area contributed by atoms with E-state index in [2.05, 4.69) is 10.6 Å². The van der Waals surface area contributed by atoms with Gasteiger partial charge in [-0.2, -0.15) is 0 Å². The molecule has 26 heteroatoms. The van der Waals surface area contributed by atoms with Crippen molar-refractivity contribution < 1.29 is 98.6 Å². The van der Waals surface area contributed by atoms with E-state index in [1.807, 2.05) is 23.6 Å². The molecule has 0 unspecified atom stereocenters. The Morgan fingerprint density at radius 2 is 0.695 bits per heavy atom. The third-order valence-electron chi connectivity index (χ3n) is 12.6. The van der Waals surface area contributed by atoms with E-state index in [1.165, 1.54) is 97.3 Å². The van der Waals surface area contributed by atoms with Gasteiger partial charge < -0.3 is 80.0 Å². The van der Waals surface area contributed by atoms with E-state index in [-0.39, 0.29) is 55.3 Å². The number of fused-ring (bicyclic) bond motifs is 2. The van der Waals surface area contributed by atoms with Gasteiger partial charge in [-0.15, -0.1) is 0 Å². The SMILES string of the molecule is CCn1cc(C(=O)O)c(=O)c2cc(F)c(N3CC[NH2+]CC3)cc21.CCn1cc(C(=O)O)c(=O)c2cc(F)c(N3CC[NH2+]CC3)cc21.O=C(O)c1ccc(C(=O)O)cc1.O=C([O-])c1ccc(C(=O)O)cc1.O=C([O-])c1ccc(C(=O)O)cc1. The maximum atomic E-state index is 14.5. The van der Waals surface area contributed by atoms with Crippen molar-refractivity contribution in [2.24, 2.45) is 0 Å². The number of nitrogens with zero attached hydrogens (tertiary/aromatic N) is 4. The molecule has 430 valence electrons. The standard InChI is InChI=1S/2C16H18FN3O3.3C8H6O4/c2*1-2-19-9-11(16(22)23)15(21)10-7-12(17)14(8-13(10)19)20-5-3-18-4-6-20;3*9-7(10)5-1-2-6(4-3-5)8(11)12/h2*7-9,18H,2-6H2,1H3,(H,22,23);3*1-4H,(H,9,10)(H,11,12). The highest BCUT2D eigenvalue weighted by molar-refractivity contribution is 5.96. The summed E-state index contributed by atoms with van der Waals surface area (Å²) in [6.45, 7) is 11.3. The Morgan fingerprint density at radius 3 is 0.915 bits per heavy atom. The van der Waals surface area contributed by atoms with Crippen LogP contribution in [0, 0.1) is 11.6 Å². The summed E-state index contributed by atoms with van der Waals surface area (Å²) in [6.07, 6.45) is 2.66. The number of carboxylic acid groups (broad SMARTS) is 8. The number of halogens is 2. The molecule has 0 radical (unpaired) electrons. The van der Waals surface area contributed by atoms with Crippen molar-refractivity contribution in [3.8, 4) is 0 Å². The highest BCUT2D eigenvalue weighted by Crippen LogP contribution is 2.27. The average Bonchev–Trinajstić information content (AvgIpc) is 3.65. The Hall–Kier alpha value is -10.3. The number of benzene rings is 5. The first-order valence-electron chi connectivity index (χ1n) is 24.9. The van der Waals surface area contributed by atoms with Gasteiger partial charge in [-0.1, -0.05) is 24.3 Å². The van der Waals surface area contributed by atoms with Gasteiger partial charge in [-0.25, -0.2) is 37.5 Å². The summed E-state index contributed by atoms with van der Waals surface area (Å²) in [4.78, 5) is 113. The molecule has 2 aromatic heterocycles. The van der Waals surface area contributed by atoms with Gasteiger partial charge in [0.25, 0.3) is 0 Å². The van der Waals surface area contributed by atoms with Gasteiger partial charge in [0.15, 0.2) is 0 Å². The van der Waals surface area contributed by atoms with E-state index in [9.17, 15) is 66.9 Å². The molecule has 0 bridgehead atoms. The van der Waals surface area contributed by atoms with Crippen LogP contribution in [0.4, 0.5) is 20.2 Å². The number of carbonyl (C=O) groups is 8. The third kappa shape index (κ3) is 15.9. The summed E-state index contributed by atoms with van der Waals surface area (Å²) in [5.74, 6) is -10.5. The molecule has 82 heavy (non-hydrogen) atoms. The maximum absolute atomic E-state index is 14.5. The maximum Gasteiger partial charge on any atom is 0.341 e. The number of aromatic nitrogens is 2. The first-order chi connectivity index (χ1) is 38.9. The predicted molar refractivity (Wildman–Crippen MR) is 285 cm³/mol. The molecule has 2 saturated heterocycles. The van der Waals surface area contributed by atoms with Gasteiger partial charge in [0.05, 0.1) is 109 Å². The van der Waals surface area contributed by atoms with Crippen LogP contribution in [-0.2, 0) is 13.1 Å². The number of pyridine rings is 2. The number of anilines is 2. The molecule has 0 saturated carbocycles. The normalized spacial score (nSPS) is 12.6. The second kappa shape index (κ2) is 28.5. The molecular weight excluding hydrogens is 1080 g/mol. The molecule has 5 aromatic carbocycles. The number of aryl methyl sites for hydroxylation is 2. The summed E-state index contributed by atoms with van der Waals surface area (Å²) in [7, 11) is 0. The fourth-order valence-corrected chi connectivity index (χ4v) is 8.35. The minimum absolute atomic E-state index is 0.0278. The molecular formula is C56H54F2N6O18. The zero-order valence-electron chi connectivity index (χ0n) is 43.7. The molecule has 10 N–H and O–H groups in total. The van der Waals surface area contributed by atoms with Crippen LogP contribution in [-0.4, -0.2) is 140 Å². The number of hydrogen-bond donors (Lipinski definition) is 8. The Morgan fingerprint density at radius 1 is 0.439 bits per heavy atom. The largest absolute Gasteiger partial charge is 0.545 e. The van der Waals surface area contributed by atoms with E-state index >= 15 is 0 Å². The van der Waals surface area contributed by atoms with Crippen LogP contribution in [0.2, 0.25) is 0 Å². The van der Waals surface area contributed by atoms with Crippen LogP contribution in [0.15, 0.2) is 119 Å². The van der Waals surface area contributed by atoms with Gasteiger partial charge in [-0.3, -0.25) is 9.59 Å². The quantitative estimate of drug-likeness (QED) is 0.0848. The lowest BCUT2D eigenvalue weighted by molar-refractivity contribution is -0.655. The molecule has 0 atom stereocenters. The summed E-state index contributed by atoms with van der Waals surface area (Å²) < 4.78 is 32.4. The summed E-state index contributed by atoms with van der Waals surface area (Å²) in [5, 5.41) is 77.2. The van der Waals surface area contributed by atoms with Crippen LogP contribution in [0.1, 0.15) is 96.7 Å². The molecule has 2 fully saturated rings. The number of rotatable bonds is 12. The zero-order valence-corrected chi connectivity index (χ0v) is 43.7. The average molecular weight is 1140 g/mol. The number of quaternary nitrogens is 2. The van der Waals surface area contributed by atoms with Gasteiger partial charge in [0, 0.05) is 36.3 Å². The van der Waals surface area contributed by atoms with Crippen LogP contribution in [0.3, 0.4) is 0 Å². The Labute approximate surface area is 462 Å². The number of nitrogens with two attached hydrogens (primary N) is 2. The lowest BCUT2D eigenvalue weighted by Gasteiger charge is -2.28. The Kier molecular flexibility index (Phi) is 21.7. The molecule has 9 rings (SSSR count). The van der Waals surface area contributed by atoms with Crippen molar-refractivity contribution in [2.75, 3.05) is 62.2 Å². The monoisotopic (exact) mass is 1140 g/mol. The van der Waals surface area contributed by atoms with Crippen LogP contribution in [0.25, 0.3) is 21.8 Å². The molecule has 0 aliphatic carbocycles. The van der Waals surface area contributed by atoms with Crippen molar-refractivity contribution in [3.05, 3.63) is 186 Å². The Balaban J connectivity index is 0.000000195. The smallest absolute Gasteiger partial charge is 0.341 e. The van der Waals surface area contributed by atoms with Crippen LogP contribution >= 0.6 is 0 Å². The lowest BCUT2D eigenvalue weighted by Crippen LogP contribution is -2.89. The fourth-order valence-electron chi connectivity index (χ4n) is 8.35. The van der Waals surface area contributed by atoms with E-state index in [4.69, 9.17) is 30.6 Å². The van der Waals surface area contributed by atoms with Crippen molar-refractivity contribution in [1.82, 2.24) is 9.13 Å². The van der Waals surface area contributed by atoms with E-state index < -0.39 is 70.2 Å². The predicted octanol–water partition coefficient (Wildman–Crippen LogP) is 1.06. The number of hydrogen-bond acceptors (Lipinski definition) is 14. The van der Waals surface area contributed by atoms with Crippen LogP contribution < -0.4 is 41.5 Å². The number of aromatic carboxylic acids is 8. The third-order valence-corrected chi connectivity index (χ3v) is 12.6. The molecule has 2 aliphatic heterocycles. The molecule has 0 amide bonds. The van der Waals surface area contributed by atoms with Crippen molar-refractivity contribution in [1.29, 1.82) is 0 Å². The van der Waals surface area contributed by atoms with E-state index in [0.29, 0.717) is 35.5 Å². The van der Waals surface area contributed by atoms with Gasteiger partial charge >= 0.3 is 35.8 Å². The van der Waals surface area contributed by atoms with Gasteiger partial charge in [0.2, 0.25) is 10.9 Å². The van der Waals surface area contributed by atoms with Gasteiger partial charge in [-0.05, 0) is 97.8 Å². The minimum Gasteiger partial charge on any atom is -0.545 e.